The minimum Gasteiger partial charge on any atom is -0.450 e. The molecule has 1 aromatic carbocycles. The van der Waals surface area contributed by atoms with Crippen LogP contribution in [0.3, 0.4) is 0 Å². The maximum Gasteiger partial charge on any atom is 0.297 e. The largest absolute Gasteiger partial charge is 0.450 e. The van der Waals surface area contributed by atoms with Crippen molar-refractivity contribution >= 4 is 51.2 Å². The number of fused-ring (bicyclic) bond motifs is 3. The summed E-state index contributed by atoms with van der Waals surface area (Å²) in [5.74, 6) is 1.38. The second-order valence-electron chi connectivity index (χ2n) is 9.65. The number of H-pyrrole nitrogens is 1. The Morgan fingerprint density at radius 2 is 2.00 bits per heavy atom. The Labute approximate surface area is 244 Å². The van der Waals surface area contributed by atoms with Crippen molar-refractivity contribution in [3.05, 3.63) is 63.3 Å². The standard InChI is InChI=1S/C15H13F2N3O.C11H13ClFNOS.C3H4O/c16-13(17)14-18-11-9-5-1-2-6-10(9)21-12(11)15(19-14)20-7-3-4-8-20;1-7-6-16-3-2-11(7,13)9-4-8(12)5-14-10(9)15;1-3-4-2/h1-2,5-6,13H,3-4,7-8H2;4-5,7H,2-3,6H2,1H3,(H,14,15);1H,2H3. The Kier molecular flexibility index (Phi) is 10.1. The number of nitrogens with zero attached hydrogens (tertiary/aromatic N) is 3. The Bertz CT molecular complexity index is 1590. The van der Waals surface area contributed by atoms with E-state index in [4.69, 9.17) is 16.0 Å². The molecule has 12 heteroatoms. The summed E-state index contributed by atoms with van der Waals surface area (Å²) in [5.41, 5.74) is -0.114. The van der Waals surface area contributed by atoms with Gasteiger partial charge in [0, 0.05) is 30.6 Å². The normalized spacial score (nSPS) is 20.2. The summed E-state index contributed by atoms with van der Waals surface area (Å²) in [6.07, 6.45) is 7.64. The van der Waals surface area contributed by atoms with E-state index in [0.717, 1.165) is 42.8 Å². The summed E-state index contributed by atoms with van der Waals surface area (Å²) in [4.78, 5) is 24.2. The fourth-order valence-corrected chi connectivity index (χ4v) is 6.25. The van der Waals surface area contributed by atoms with Gasteiger partial charge in [-0.2, -0.15) is 11.8 Å². The van der Waals surface area contributed by atoms with Crippen LogP contribution < -0.4 is 10.5 Å². The number of nitrogens with one attached hydrogen (secondary N) is 1. The van der Waals surface area contributed by atoms with Gasteiger partial charge in [0.1, 0.15) is 22.9 Å². The average Bonchev–Trinajstić information content (AvgIpc) is 3.64. The van der Waals surface area contributed by atoms with Crippen molar-refractivity contribution in [1.29, 1.82) is 0 Å². The highest BCUT2D eigenvalue weighted by molar-refractivity contribution is 7.99. The lowest BCUT2D eigenvalue weighted by atomic mass is 9.83. The molecule has 0 radical (unpaired) electrons. The molecule has 0 amide bonds. The predicted molar refractivity (Wildman–Crippen MR) is 158 cm³/mol. The number of hydrogen-bond acceptors (Lipinski definition) is 7. The van der Waals surface area contributed by atoms with Gasteiger partial charge in [-0.15, -0.1) is 0 Å². The van der Waals surface area contributed by atoms with Crippen LogP contribution in [0.5, 0.6) is 0 Å². The number of alkyl halides is 3. The van der Waals surface area contributed by atoms with E-state index in [1.165, 1.54) is 19.4 Å². The van der Waals surface area contributed by atoms with Gasteiger partial charge in [0.25, 0.3) is 12.0 Å². The Hall–Kier alpha value is -3.36. The Balaban J connectivity index is 0.000000173. The van der Waals surface area contributed by atoms with Crippen molar-refractivity contribution in [1.82, 2.24) is 15.0 Å². The number of para-hydroxylation sites is 1. The number of ether oxygens (including phenoxy) is 1. The summed E-state index contributed by atoms with van der Waals surface area (Å²) >= 11 is 7.53. The van der Waals surface area contributed by atoms with Crippen molar-refractivity contribution in [2.24, 2.45) is 5.92 Å². The zero-order valence-corrected chi connectivity index (χ0v) is 24.2. The van der Waals surface area contributed by atoms with E-state index in [0.29, 0.717) is 33.9 Å². The number of benzene rings is 1. The lowest BCUT2D eigenvalue weighted by Gasteiger charge is -2.35. The van der Waals surface area contributed by atoms with Crippen molar-refractivity contribution in [3.63, 3.8) is 0 Å². The number of rotatable bonds is 3. The van der Waals surface area contributed by atoms with Gasteiger partial charge in [0.15, 0.2) is 17.2 Å². The molecule has 0 saturated carbocycles. The molecule has 2 atom stereocenters. The molecule has 3 aromatic heterocycles. The van der Waals surface area contributed by atoms with E-state index in [1.807, 2.05) is 42.2 Å². The van der Waals surface area contributed by atoms with Crippen LogP contribution in [0.1, 0.15) is 44.0 Å². The number of furan rings is 1. The maximum absolute atomic E-state index is 14.8. The first-order valence-corrected chi connectivity index (χ1v) is 14.6. The quantitative estimate of drug-likeness (QED) is 0.249. The number of thioether (sulfide) groups is 1. The Morgan fingerprint density at radius 1 is 1.29 bits per heavy atom. The summed E-state index contributed by atoms with van der Waals surface area (Å²) in [5, 5.41) is 1.12. The van der Waals surface area contributed by atoms with E-state index >= 15 is 0 Å². The molecule has 0 bridgehead atoms. The lowest BCUT2D eigenvalue weighted by Crippen LogP contribution is -2.39. The SMILES string of the molecule is C#COC.CC1CSCCC1(F)c1cc(Cl)c[nH]c1=O.FC(F)c1nc(N2CCCC2)c2oc3ccccc3c2n1. The van der Waals surface area contributed by atoms with Crippen LogP contribution in [-0.2, 0) is 10.4 Å². The molecule has 2 fully saturated rings. The minimum absolute atomic E-state index is 0.161. The fourth-order valence-electron chi connectivity index (χ4n) is 4.86. The molecule has 2 aliphatic heterocycles. The van der Waals surface area contributed by atoms with Gasteiger partial charge in [-0.25, -0.2) is 23.1 Å². The molecule has 1 N–H and O–H groups in total. The molecule has 2 aliphatic rings. The average molecular weight is 607 g/mol. The first kappa shape index (κ1) is 30.6. The summed E-state index contributed by atoms with van der Waals surface area (Å²) in [6, 6.07) is 8.79. The van der Waals surface area contributed by atoms with Crippen LogP contribution in [0.2, 0.25) is 5.02 Å². The summed E-state index contributed by atoms with van der Waals surface area (Å²) in [7, 11) is 1.44. The lowest BCUT2D eigenvalue weighted by molar-refractivity contribution is 0.0913. The highest BCUT2D eigenvalue weighted by Crippen LogP contribution is 2.42. The maximum atomic E-state index is 14.8. The molecule has 4 aromatic rings. The smallest absolute Gasteiger partial charge is 0.297 e. The van der Waals surface area contributed by atoms with Crippen LogP contribution >= 0.6 is 23.4 Å². The first-order valence-electron chi connectivity index (χ1n) is 13.1. The van der Waals surface area contributed by atoms with Crippen molar-refractivity contribution < 1.29 is 22.3 Å². The third kappa shape index (κ3) is 6.76. The molecule has 41 heavy (non-hydrogen) atoms. The number of hydrogen-bond donors (Lipinski definition) is 1. The molecule has 0 spiro atoms. The van der Waals surface area contributed by atoms with Crippen molar-refractivity contribution in [2.75, 3.05) is 36.6 Å². The van der Waals surface area contributed by atoms with E-state index in [9.17, 15) is 18.0 Å². The number of aromatic nitrogens is 3. The summed E-state index contributed by atoms with van der Waals surface area (Å²) in [6.45, 7) is 3.46. The molecule has 5 heterocycles. The van der Waals surface area contributed by atoms with Crippen LogP contribution in [0.15, 0.2) is 45.7 Å². The van der Waals surface area contributed by atoms with E-state index in [-0.39, 0.29) is 17.0 Å². The zero-order valence-electron chi connectivity index (χ0n) is 22.6. The van der Waals surface area contributed by atoms with E-state index < -0.39 is 17.9 Å². The number of anilines is 1. The van der Waals surface area contributed by atoms with E-state index in [1.54, 1.807) is 11.8 Å². The molecule has 7 nitrogen and oxygen atoms in total. The van der Waals surface area contributed by atoms with Crippen LogP contribution in [0.25, 0.3) is 22.1 Å². The number of aromatic amines is 1. The van der Waals surface area contributed by atoms with Gasteiger partial charge in [-0.05, 0) is 49.0 Å². The van der Waals surface area contributed by atoms with Gasteiger partial charge >= 0.3 is 0 Å². The number of terminal acetylenes is 1. The molecule has 218 valence electrons. The highest BCUT2D eigenvalue weighted by Gasteiger charge is 2.42. The summed E-state index contributed by atoms with van der Waals surface area (Å²) < 4.78 is 50.9. The molecule has 6 rings (SSSR count). The molecule has 0 aliphatic carbocycles. The fraction of sp³-hybridized carbons (Fsp3) is 0.414. The molecule has 2 saturated heterocycles. The monoisotopic (exact) mass is 606 g/mol. The number of methoxy groups -OCH3 is 1. The van der Waals surface area contributed by atoms with Crippen LogP contribution in [-0.4, -0.2) is 46.7 Å². The minimum atomic E-state index is -2.69. The van der Waals surface area contributed by atoms with Gasteiger partial charge in [0.2, 0.25) is 0 Å². The number of pyridine rings is 1. The number of halogens is 4. The highest BCUT2D eigenvalue weighted by atomic mass is 35.5. The molecular formula is C29H30ClF3N4O3S. The first-order chi connectivity index (χ1) is 19.7. The van der Waals surface area contributed by atoms with Crippen molar-refractivity contribution in [2.45, 2.75) is 38.3 Å². The van der Waals surface area contributed by atoms with Gasteiger partial charge in [-0.3, -0.25) is 4.79 Å². The third-order valence-electron chi connectivity index (χ3n) is 7.01. The molecule has 2 unspecified atom stereocenters. The molecular weight excluding hydrogens is 577 g/mol. The Morgan fingerprint density at radius 3 is 2.66 bits per heavy atom. The van der Waals surface area contributed by atoms with Crippen LogP contribution in [0, 0.1) is 18.4 Å². The third-order valence-corrected chi connectivity index (χ3v) is 8.46. The van der Waals surface area contributed by atoms with Crippen molar-refractivity contribution in [3.8, 4) is 12.5 Å². The van der Waals surface area contributed by atoms with E-state index in [2.05, 4.69) is 26.1 Å². The zero-order chi connectivity index (χ0) is 29.6. The van der Waals surface area contributed by atoms with Gasteiger partial charge < -0.3 is 19.0 Å². The topological polar surface area (TPSA) is 84.3 Å². The van der Waals surface area contributed by atoms with Crippen LogP contribution in [0.4, 0.5) is 19.0 Å². The predicted octanol–water partition coefficient (Wildman–Crippen LogP) is 7.10. The van der Waals surface area contributed by atoms with Gasteiger partial charge in [0.05, 0.1) is 17.7 Å². The van der Waals surface area contributed by atoms with Gasteiger partial charge in [-0.1, -0.05) is 37.1 Å². The second kappa shape index (κ2) is 13.5. The second-order valence-corrected chi connectivity index (χ2v) is 11.2.